The Kier molecular flexibility index (Phi) is 2.48. The summed E-state index contributed by atoms with van der Waals surface area (Å²) in [5, 5.41) is 7.88. The standard InChI is InChI=1S/C8H6N2S3/c1-5-7(12-13-8(5)11)6-3-2-4-9-10-6/h2-4H,1H3. The fourth-order valence-corrected chi connectivity index (χ4v) is 3.78. The van der Waals surface area contributed by atoms with E-state index in [1.54, 1.807) is 26.9 Å². The lowest BCUT2D eigenvalue weighted by atomic mass is 10.2. The molecule has 0 N–H and O–H groups in total. The first kappa shape index (κ1) is 8.93. The van der Waals surface area contributed by atoms with Gasteiger partial charge in [-0.25, -0.2) is 0 Å². The highest BCUT2D eigenvalue weighted by molar-refractivity contribution is 7.80. The third kappa shape index (κ3) is 1.67. The van der Waals surface area contributed by atoms with E-state index in [4.69, 9.17) is 12.2 Å². The number of rotatable bonds is 1. The summed E-state index contributed by atoms with van der Waals surface area (Å²) in [5.41, 5.74) is 2.06. The molecule has 0 radical (unpaired) electrons. The van der Waals surface area contributed by atoms with Gasteiger partial charge in [-0.05, 0) is 24.6 Å². The molecule has 0 unspecified atom stereocenters. The number of hydrogen-bond acceptors (Lipinski definition) is 5. The Labute approximate surface area is 88.3 Å². The smallest absolute Gasteiger partial charge is 0.105 e. The van der Waals surface area contributed by atoms with Crippen molar-refractivity contribution in [3.63, 3.8) is 0 Å². The minimum atomic E-state index is 0.914. The topological polar surface area (TPSA) is 25.8 Å². The van der Waals surface area contributed by atoms with Crippen LogP contribution in [0.4, 0.5) is 0 Å². The fourth-order valence-electron chi connectivity index (χ4n) is 0.955. The van der Waals surface area contributed by atoms with Crippen LogP contribution in [0.1, 0.15) is 5.56 Å². The molecule has 13 heavy (non-hydrogen) atoms. The van der Waals surface area contributed by atoms with Crippen molar-refractivity contribution in [2.45, 2.75) is 6.92 Å². The Balaban J connectivity index is 2.60. The molecule has 0 aliphatic heterocycles. The molecule has 2 rings (SSSR count). The zero-order valence-electron chi connectivity index (χ0n) is 6.85. The largest absolute Gasteiger partial charge is 0.159 e. The Morgan fingerprint density at radius 2 is 2.23 bits per heavy atom. The highest BCUT2D eigenvalue weighted by Gasteiger charge is 2.06. The van der Waals surface area contributed by atoms with Crippen molar-refractivity contribution in [3.8, 4) is 10.6 Å². The SMILES string of the molecule is Cc1c(-c2cccnn2)ssc1=S. The van der Waals surface area contributed by atoms with E-state index in [1.807, 2.05) is 19.1 Å². The number of nitrogens with zero attached hydrogens (tertiary/aromatic N) is 2. The van der Waals surface area contributed by atoms with E-state index in [1.165, 1.54) is 0 Å². The van der Waals surface area contributed by atoms with Crippen molar-refractivity contribution in [2.75, 3.05) is 0 Å². The molecule has 2 nitrogen and oxygen atoms in total. The summed E-state index contributed by atoms with van der Waals surface area (Å²) in [7, 11) is 3.28. The molecule has 0 aliphatic carbocycles. The second kappa shape index (κ2) is 3.61. The average Bonchev–Trinajstić information content (AvgIpc) is 2.49. The highest BCUT2D eigenvalue weighted by Crippen LogP contribution is 2.31. The summed E-state index contributed by atoms with van der Waals surface area (Å²) in [4.78, 5) is 1.14. The second-order valence-corrected chi connectivity index (χ2v) is 5.33. The third-order valence-corrected chi connectivity index (χ3v) is 5.00. The van der Waals surface area contributed by atoms with Crippen LogP contribution in [0.5, 0.6) is 0 Å². The first-order valence-corrected chi connectivity index (χ1v) is 6.22. The molecule has 0 aliphatic rings. The molecular weight excluding hydrogens is 220 g/mol. The van der Waals surface area contributed by atoms with Gasteiger partial charge in [0.2, 0.25) is 0 Å². The third-order valence-electron chi connectivity index (χ3n) is 1.65. The van der Waals surface area contributed by atoms with Crippen LogP contribution >= 0.6 is 32.9 Å². The van der Waals surface area contributed by atoms with Crippen molar-refractivity contribution >= 4 is 32.9 Å². The van der Waals surface area contributed by atoms with E-state index in [0.29, 0.717) is 0 Å². The van der Waals surface area contributed by atoms with E-state index in [0.717, 1.165) is 20.0 Å². The highest BCUT2D eigenvalue weighted by atomic mass is 32.9. The van der Waals surface area contributed by atoms with Gasteiger partial charge in [0, 0.05) is 6.20 Å². The van der Waals surface area contributed by atoms with Gasteiger partial charge in [-0.3, -0.25) is 0 Å². The monoisotopic (exact) mass is 226 g/mol. The number of hydrogen-bond donors (Lipinski definition) is 0. The summed E-state index contributed by atoms with van der Waals surface area (Å²) >= 11 is 5.15. The minimum Gasteiger partial charge on any atom is -0.159 e. The van der Waals surface area contributed by atoms with Gasteiger partial charge in [-0.2, -0.15) is 5.10 Å². The predicted molar refractivity (Wildman–Crippen MR) is 58.8 cm³/mol. The molecule has 0 saturated carbocycles. The van der Waals surface area contributed by atoms with Crippen molar-refractivity contribution in [2.24, 2.45) is 0 Å². The fraction of sp³-hybridized carbons (Fsp3) is 0.125. The molecule has 0 bridgehead atoms. The quantitative estimate of drug-likeness (QED) is 0.551. The Morgan fingerprint density at radius 3 is 2.77 bits per heavy atom. The molecule has 0 atom stereocenters. The maximum atomic E-state index is 5.15. The Bertz CT molecular complexity index is 458. The average molecular weight is 226 g/mol. The first-order chi connectivity index (χ1) is 6.29. The van der Waals surface area contributed by atoms with Crippen LogP contribution in [0.2, 0.25) is 0 Å². The van der Waals surface area contributed by atoms with Crippen molar-refractivity contribution in [1.82, 2.24) is 10.2 Å². The molecule has 0 saturated heterocycles. The molecule has 0 fully saturated rings. The predicted octanol–water partition coefficient (Wildman–Crippen LogP) is 3.30. The van der Waals surface area contributed by atoms with Crippen LogP contribution in [0.3, 0.4) is 0 Å². The van der Waals surface area contributed by atoms with Gasteiger partial charge in [0.15, 0.2) is 0 Å². The van der Waals surface area contributed by atoms with Gasteiger partial charge in [0.05, 0.1) is 4.88 Å². The Morgan fingerprint density at radius 1 is 1.38 bits per heavy atom. The van der Waals surface area contributed by atoms with Crippen LogP contribution in [-0.4, -0.2) is 10.2 Å². The summed E-state index contributed by atoms with van der Waals surface area (Å²) in [6, 6.07) is 3.84. The summed E-state index contributed by atoms with van der Waals surface area (Å²) in [6.07, 6.45) is 1.67. The van der Waals surface area contributed by atoms with Gasteiger partial charge in [0.1, 0.15) is 9.52 Å². The lowest BCUT2D eigenvalue weighted by Crippen LogP contribution is -1.84. The van der Waals surface area contributed by atoms with E-state index < -0.39 is 0 Å². The van der Waals surface area contributed by atoms with Crippen LogP contribution in [-0.2, 0) is 0 Å². The molecule has 2 aromatic rings. The lowest BCUT2D eigenvalue weighted by molar-refractivity contribution is 1.04. The van der Waals surface area contributed by atoms with Gasteiger partial charge in [-0.1, -0.05) is 32.9 Å². The van der Waals surface area contributed by atoms with Crippen LogP contribution in [0.15, 0.2) is 18.3 Å². The van der Waals surface area contributed by atoms with E-state index >= 15 is 0 Å². The minimum absolute atomic E-state index is 0.914. The van der Waals surface area contributed by atoms with E-state index in [9.17, 15) is 0 Å². The first-order valence-electron chi connectivity index (χ1n) is 3.67. The lowest BCUT2D eigenvalue weighted by Gasteiger charge is -1.94. The van der Waals surface area contributed by atoms with Crippen molar-refractivity contribution < 1.29 is 0 Å². The van der Waals surface area contributed by atoms with Gasteiger partial charge >= 0.3 is 0 Å². The molecule has 0 amide bonds. The van der Waals surface area contributed by atoms with Crippen LogP contribution in [0, 0.1) is 10.7 Å². The summed E-state index contributed by atoms with van der Waals surface area (Å²) in [6.45, 7) is 2.03. The van der Waals surface area contributed by atoms with Crippen molar-refractivity contribution in [1.29, 1.82) is 0 Å². The van der Waals surface area contributed by atoms with Gasteiger partial charge < -0.3 is 0 Å². The molecule has 0 spiro atoms. The molecule has 5 heteroatoms. The van der Waals surface area contributed by atoms with Crippen molar-refractivity contribution in [3.05, 3.63) is 27.7 Å². The second-order valence-electron chi connectivity index (χ2n) is 2.52. The summed E-state index contributed by atoms with van der Waals surface area (Å²) < 4.78 is 0.950. The van der Waals surface area contributed by atoms with Gasteiger partial charge in [-0.15, -0.1) is 5.10 Å². The maximum absolute atomic E-state index is 5.15. The van der Waals surface area contributed by atoms with Gasteiger partial charge in [0.25, 0.3) is 0 Å². The van der Waals surface area contributed by atoms with E-state index in [2.05, 4.69) is 10.2 Å². The van der Waals surface area contributed by atoms with E-state index in [-0.39, 0.29) is 0 Å². The molecule has 2 heterocycles. The van der Waals surface area contributed by atoms with Crippen LogP contribution in [0.25, 0.3) is 10.6 Å². The zero-order chi connectivity index (χ0) is 9.26. The van der Waals surface area contributed by atoms with Crippen LogP contribution < -0.4 is 0 Å². The zero-order valence-corrected chi connectivity index (χ0v) is 9.30. The number of aromatic nitrogens is 2. The molecule has 66 valence electrons. The maximum Gasteiger partial charge on any atom is 0.105 e. The molecule has 2 aromatic heterocycles. The normalized spacial score (nSPS) is 10.2. The molecule has 0 aromatic carbocycles. The molecular formula is C8H6N2S3. The summed E-state index contributed by atoms with van der Waals surface area (Å²) in [5.74, 6) is 0. The Hall–Kier alpha value is -0.650.